The maximum atomic E-state index is 14.4. The van der Waals surface area contributed by atoms with Crippen LogP contribution in [0.25, 0.3) is 65.7 Å². The monoisotopic (exact) mass is 656 g/mol. The summed E-state index contributed by atoms with van der Waals surface area (Å²) in [6, 6.07) is 11.8. The molecule has 0 saturated heterocycles. The molecule has 8 aromatic rings. The lowest BCUT2D eigenvalue weighted by Crippen LogP contribution is -2.18. The van der Waals surface area contributed by atoms with Gasteiger partial charge in [0.05, 0.1) is 22.1 Å². The maximum Gasteiger partial charge on any atom is 0.418 e. The molecule has 48 heavy (non-hydrogen) atoms. The lowest BCUT2D eigenvalue weighted by atomic mass is 9.80. The lowest BCUT2D eigenvalue weighted by Gasteiger charge is -2.25. The van der Waals surface area contributed by atoms with Crippen LogP contribution in [-0.4, -0.2) is 18.8 Å². The third-order valence-electron chi connectivity index (χ3n) is 9.52. The molecule has 8 rings (SSSR count). The average Bonchev–Trinajstić information content (AvgIpc) is 3.55. The molecule has 0 N–H and O–H groups in total. The van der Waals surface area contributed by atoms with Gasteiger partial charge in [-0.2, -0.15) is 13.2 Å². The molecule has 0 amide bonds. The first-order valence-corrected chi connectivity index (χ1v) is 15.5. The zero-order valence-electron chi connectivity index (χ0n) is 27.1. The molecule has 0 bridgehead atoms. The third-order valence-corrected chi connectivity index (χ3v) is 9.52. The van der Waals surface area contributed by atoms with Crippen molar-refractivity contribution in [1.82, 2.24) is 18.8 Å². The summed E-state index contributed by atoms with van der Waals surface area (Å²) in [5.41, 5.74) is -1.23. The fraction of sp³-hybridized carbons (Fsp3) is 0.297. The van der Waals surface area contributed by atoms with Crippen molar-refractivity contribution < 1.29 is 22.0 Å². The van der Waals surface area contributed by atoms with Crippen LogP contribution in [0.4, 0.5) is 22.0 Å². The molecule has 0 aliphatic heterocycles. The minimum atomic E-state index is -5.02. The smallest absolute Gasteiger partial charge is 0.268 e. The fourth-order valence-electron chi connectivity index (χ4n) is 7.07. The van der Waals surface area contributed by atoms with Gasteiger partial charge >= 0.3 is 6.18 Å². The number of fused-ring (bicyclic) bond motifs is 8. The quantitative estimate of drug-likeness (QED) is 0.131. The number of nitrogens with zero attached hydrogens (tertiary/aromatic N) is 4. The molecule has 0 unspecified atom stereocenters. The molecule has 244 valence electrons. The van der Waals surface area contributed by atoms with E-state index in [1.165, 1.54) is 0 Å². The third kappa shape index (κ3) is 3.96. The Bertz CT molecular complexity index is 2620. The molecule has 11 heteroatoms. The first-order chi connectivity index (χ1) is 22.2. The summed E-state index contributed by atoms with van der Waals surface area (Å²) < 4.78 is 74.1. The van der Waals surface area contributed by atoms with E-state index >= 15 is 0 Å². The van der Waals surface area contributed by atoms with Crippen molar-refractivity contribution in [2.45, 2.75) is 71.4 Å². The van der Waals surface area contributed by atoms with Crippen molar-refractivity contribution in [3.63, 3.8) is 0 Å². The average molecular weight is 657 g/mol. The van der Waals surface area contributed by atoms with Gasteiger partial charge in [0.1, 0.15) is 16.8 Å². The SMILES string of the molecule is CC(C)(C)c1cc(C(C)(C)C)c2nc3c4ccc5c(=O)n6c7cc(C(C)(F)F)cc(C(F)(F)F)c7nc6c6ccc(c(=O)n3c2c1)c4c56. The van der Waals surface area contributed by atoms with E-state index in [0.717, 1.165) is 21.6 Å². The molecular formula is C37H29F5N4O2. The predicted molar refractivity (Wildman–Crippen MR) is 178 cm³/mol. The Labute approximate surface area is 269 Å². The molecule has 0 aliphatic carbocycles. The van der Waals surface area contributed by atoms with Gasteiger partial charge in [0, 0.05) is 44.8 Å². The van der Waals surface area contributed by atoms with Crippen LogP contribution in [0.2, 0.25) is 0 Å². The first-order valence-electron chi connectivity index (χ1n) is 15.5. The molecular weight excluding hydrogens is 627 g/mol. The van der Waals surface area contributed by atoms with Crippen LogP contribution in [0.15, 0.2) is 58.1 Å². The highest BCUT2D eigenvalue weighted by Crippen LogP contribution is 2.42. The Kier molecular flexibility index (Phi) is 5.67. The molecule has 4 aromatic heterocycles. The van der Waals surface area contributed by atoms with E-state index in [1.807, 2.05) is 6.07 Å². The van der Waals surface area contributed by atoms with E-state index in [1.54, 1.807) is 28.7 Å². The number of alkyl halides is 5. The molecule has 0 radical (unpaired) electrons. The van der Waals surface area contributed by atoms with Crippen LogP contribution >= 0.6 is 0 Å². The first kappa shape index (κ1) is 30.4. The number of benzene rings is 4. The molecule has 0 atom stereocenters. The Morgan fingerprint density at radius 1 is 0.542 bits per heavy atom. The minimum absolute atomic E-state index is 0.113. The second kappa shape index (κ2) is 8.94. The van der Waals surface area contributed by atoms with E-state index < -0.39 is 34.3 Å². The lowest BCUT2D eigenvalue weighted by molar-refractivity contribution is -0.136. The molecule has 0 aliphatic rings. The van der Waals surface area contributed by atoms with Gasteiger partial charge in [0.25, 0.3) is 17.0 Å². The molecule has 0 fully saturated rings. The van der Waals surface area contributed by atoms with Crippen molar-refractivity contribution in [1.29, 1.82) is 0 Å². The van der Waals surface area contributed by atoms with Crippen molar-refractivity contribution >= 4 is 65.7 Å². The Balaban J connectivity index is 1.58. The maximum absolute atomic E-state index is 14.4. The van der Waals surface area contributed by atoms with Gasteiger partial charge in [0.15, 0.2) is 0 Å². The predicted octanol–water partition coefficient (Wildman–Crippen LogP) is 9.07. The van der Waals surface area contributed by atoms with Crippen molar-refractivity contribution in [3.05, 3.63) is 91.5 Å². The number of aromatic nitrogens is 4. The van der Waals surface area contributed by atoms with Crippen LogP contribution in [0.1, 0.15) is 70.7 Å². The van der Waals surface area contributed by atoms with Crippen LogP contribution in [0.3, 0.4) is 0 Å². The van der Waals surface area contributed by atoms with E-state index in [-0.39, 0.29) is 32.9 Å². The normalized spacial score (nSPS) is 14.0. The van der Waals surface area contributed by atoms with Crippen LogP contribution < -0.4 is 11.1 Å². The highest BCUT2D eigenvalue weighted by molar-refractivity contribution is 6.27. The van der Waals surface area contributed by atoms with E-state index in [9.17, 15) is 31.5 Å². The van der Waals surface area contributed by atoms with Crippen LogP contribution in [-0.2, 0) is 22.9 Å². The minimum Gasteiger partial charge on any atom is -0.268 e. The molecule has 0 saturated carbocycles. The number of imidazole rings is 2. The fourth-order valence-corrected chi connectivity index (χ4v) is 7.07. The van der Waals surface area contributed by atoms with Crippen LogP contribution in [0.5, 0.6) is 0 Å². The van der Waals surface area contributed by atoms with Crippen molar-refractivity contribution in [3.8, 4) is 0 Å². The summed E-state index contributed by atoms with van der Waals surface area (Å²) in [7, 11) is 0. The Morgan fingerprint density at radius 2 is 0.958 bits per heavy atom. The van der Waals surface area contributed by atoms with E-state index in [2.05, 4.69) is 52.6 Å². The number of pyridine rings is 2. The largest absolute Gasteiger partial charge is 0.418 e. The zero-order valence-corrected chi connectivity index (χ0v) is 27.1. The van der Waals surface area contributed by atoms with Gasteiger partial charge in [-0.15, -0.1) is 0 Å². The van der Waals surface area contributed by atoms with Gasteiger partial charge in [-0.1, -0.05) is 47.6 Å². The number of halogens is 5. The van der Waals surface area contributed by atoms with Crippen molar-refractivity contribution in [2.75, 3.05) is 0 Å². The van der Waals surface area contributed by atoms with Gasteiger partial charge in [0.2, 0.25) is 0 Å². The van der Waals surface area contributed by atoms with Gasteiger partial charge in [-0.05, 0) is 64.4 Å². The molecule has 4 heterocycles. The molecule has 4 aromatic carbocycles. The summed E-state index contributed by atoms with van der Waals surface area (Å²) in [6.45, 7) is 13.1. The van der Waals surface area contributed by atoms with Crippen LogP contribution in [0, 0.1) is 0 Å². The van der Waals surface area contributed by atoms with Gasteiger partial charge in [-0.3, -0.25) is 18.4 Å². The van der Waals surface area contributed by atoms with Gasteiger partial charge < -0.3 is 0 Å². The Hall–Kier alpha value is -4.93. The van der Waals surface area contributed by atoms with E-state index in [0.29, 0.717) is 56.6 Å². The second-order valence-corrected chi connectivity index (χ2v) is 14.9. The highest BCUT2D eigenvalue weighted by Gasteiger charge is 2.38. The van der Waals surface area contributed by atoms with Crippen molar-refractivity contribution in [2.24, 2.45) is 0 Å². The number of hydrogen-bond donors (Lipinski definition) is 0. The second-order valence-electron chi connectivity index (χ2n) is 14.9. The van der Waals surface area contributed by atoms with Gasteiger partial charge in [-0.25, -0.2) is 18.7 Å². The summed E-state index contributed by atoms with van der Waals surface area (Å²) in [6.07, 6.45) is -5.02. The highest BCUT2D eigenvalue weighted by atomic mass is 19.4. The standard InChI is InChI=1S/C37H29F5N4O2/c1-34(2,3)16-12-22(35(4,5)6)28-24(14-16)45-30(43-28)18-8-10-21-27-19(9-11-20(26(18)27)32(45)47)31-44-29-23(37(40,41)42)13-17(36(7,38)39)15-25(29)46(31)33(21)48/h8-15H,1-7H3. The number of hydrogen-bond acceptors (Lipinski definition) is 4. The summed E-state index contributed by atoms with van der Waals surface area (Å²) in [5, 5.41) is 2.10. The topological polar surface area (TPSA) is 68.7 Å². The summed E-state index contributed by atoms with van der Waals surface area (Å²) in [4.78, 5) is 37.8. The summed E-state index contributed by atoms with van der Waals surface area (Å²) in [5.74, 6) is -3.61. The number of rotatable bonds is 1. The zero-order chi connectivity index (χ0) is 34.6. The molecule has 6 nitrogen and oxygen atoms in total. The Morgan fingerprint density at radius 3 is 1.38 bits per heavy atom. The van der Waals surface area contributed by atoms with E-state index in [4.69, 9.17) is 4.98 Å². The summed E-state index contributed by atoms with van der Waals surface area (Å²) >= 11 is 0. The molecule has 0 spiro atoms.